The molecular formula is C16H28N2O. The summed E-state index contributed by atoms with van der Waals surface area (Å²) in [6.45, 7) is 12.3. The maximum absolute atomic E-state index is 5.99. The standard InChI is InChI=1S/C16H28N2O/c1-6-18(12(2)3)16(11-17)14-8-7-9-15(10-14)19-13(4)5/h7-10,12-13,16H,6,11,17H2,1-5H3. The van der Waals surface area contributed by atoms with E-state index < -0.39 is 0 Å². The molecule has 1 aromatic rings. The van der Waals surface area contributed by atoms with Gasteiger partial charge in [0.25, 0.3) is 0 Å². The van der Waals surface area contributed by atoms with Gasteiger partial charge in [0, 0.05) is 18.6 Å². The Morgan fingerprint density at radius 1 is 1.21 bits per heavy atom. The Hall–Kier alpha value is -1.06. The molecule has 0 aromatic heterocycles. The molecule has 2 N–H and O–H groups in total. The summed E-state index contributed by atoms with van der Waals surface area (Å²) < 4.78 is 5.76. The van der Waals surface area contributed by atoms with Crippen LogP contribution < -0.4 is 10.5 Å². The summed E-state index contributed by atoms with van der Waals surface area (Å²) in [5.41, 5.74) is 7.22. The molecule has 3 heteroatoms. The lowest BCUT2D eigenvalue weighted by atomic mass is 10.0. The molecule has 0 heterocycles. The van der Waals surface area contributed by atoms with Crippen molar-refractivity contribution in [2.45, 2.75) is 52.8 Å². The summed E-state index contributed by atoms with van der Waals surface area (Å²) in [4.78, 5) is 2.41. The van der Waals surface area contributed by atoms with Crippen molar-refractivity contribution in [3.63, 3.8) is 0 Å². The Bertz CT molecular complexity index is 377. The van der Waals surface area contributed by atoms with Gasteiger partial charge in [-0.3, -0.25) is 4.90 Å². The first-order valence-electron chi connectivity index (χ1n) is 7.22. The molecule has 0 saturated carbocycles. The van der Waals surface area contributed by atoms with Gasteiger partial charge in [-0.05, 0) is 51.9 Å². The van der Waals surface area contributed by atoms with E-state index in [0.717, 1.165) is 12.3 Å². The second-order valence-electron chi connectivity index (χ2n) is 5.41. The van der Waals surface area contributed by atoms with Crippen molar-refractivity contribution >= 4 is 0 Å². The van der Waals surface area contributed by atoms with Crippen LogP contribution in [0.2, 0.25) is 0 Å². The number of benzene rings is 1. The number of nitrogens with two attached hydrogens (primary N) is 1. The van der Waals surface area contributed by atoms with Crippen LogP contribution in [0.15, 0.2) is 24.3 Å². The van der Waals surface area contributed by atoms with E-state index in [1.54, 1.807) is 0 Å². The molecule has 0 aliphatic heterocycles. The fraction of sp³-hybridized carbons (Fsp3) is 0.625. The van der Waals surface area contributed by atoms with Crippen molar-refractivity contribution in [2.24, 2.45) is 5.73 Å². The normalized spacial score (nSPS) is 13.3. The minimum atomic E-state index is 0.193. The summed E-state index contributed by atoms with van der Waals surface area (Å²) in [5, 5.41) is 0. The van der Waals surface area contributed by atoms with E-state index >= 15 is 0 Å². The molecule has 1 rings (SSSR count). The van der Waals surface area contributed by atoms with Crippen LogP contribution in [0.25, 0.3) is 0 Å². The van der Waals surface area contributed by atoms with Crippen molar-refractivity contribution in [1.82, 2.24) is 4.90 Å². The summed E-state index contributed by atoms with van der Waals surface area (Å²) in [7, 11) is 0. The maximum Gasteiger partial charge on any atom is 0.120 e. The molecule has 1 unspecified atom stereocenters. The van der Waals surface area contributed by atoms with E-state index in [1.807, 2.05) is 26.0 Å². The second kappa shape index (κ2) is 7.51. The number of likely N-dealkylation sites (N-methyl/N-ethyl adjacent to an activating group) is 1. The topological polar surface area (TPSA) is 38.5 Å². The lowest BCUT2D eigenvalue weighted by Crippen LogP contribution is -2.38. The minimum absolute atomic E-state index is 0.193. The molecule has 0 aliphatic rings. The first-order chi connectivity index (χ1) is 8.99. The molecule has 0 bridgehead atoms. The Balaban J connectivity index is 2.97. The Labute approximate surface area is 117 Å². The summed E-state index contributed by atoms with van der Waals surface area (Å²) in [6, 6.07) is 9.03. The van der Waals surface area contributed by atoms with Gasteiger partial charge < -0.3 is 10.5 Å². The first-order valence-corrected chi connectivity index (χ1v) is 7.22. The molecule has 1 atom stereocenters. The predicted molar refractivity (Wildman–Crippen MR) is 81.5 cm³/mol. The molecule has 1 aromatic carbocycles. The smallest absolute Gasteiger partial charge is 0.120 e. The molecule has 19 heavy (non-hydrogen) atoms. The summed E-state index contributed by atoms with van der Waals surface area (Å²) in [6.07, 6.45) is 0.193. The van der Waals surface area contributed by atoms with Crippen LogP contribution in [0.5, 0.6) is 5.75 Å². The monoisotopic (exact) mass is 264 g/mol. The zero-order chi connectivity index (χ0) is 14.4. The van der Waals surface area contributed by atoms with Crippen molar-refractivity contribution in [3.8, 4) is 5.75 Å². The van der Waals surface area contributed by atoms with Crippen LogP contribution in [-0.2, 0) is 0 Å². The van der Waals surface area contributed by atoms with Gasteiger partial charge in [0.05, 0.1) is 6.10 Å². The zero-order valence-electron chi connectivity index (χ0n) is 12.9. The molecular weight excluding hydrogens is 236 g/mol. The summed E-state index contributed by atoms with van der Waals surface area (Å²) >= 11 is 0. The van der Waals surface area contributed by atoms with Gasteiger partial charge in [0.1, 0.15) is 5.75 Å². The fourth-order valence-corrected chi connectivity index (χ4v) is 2.48. The molecule has 0 fully saturated rings. The minimum Gasteiger partial charge on any atom is -0.491 e. The van der Waals surface area contributed by atoms with Gasteiger partial charge >= 0.3 is 0 Å². The lowest BCUT2D eigenvalue weighted by Gasteiger charge is -2.33. The van der Waals surface area contributed by atoms with E-state index in [9.17, 15) is 0 Å². The van der Waals surface area contributed by atoms with E-state index in [1.165, 1.54) is 5.56 Å². The molecule has 3 nitrogen and oxygen atoms in total. The molecule has 108 valence electrons. The highest BCUT2D eigenvalue weighted by Crippen LogP contribution is 2.25. The zero-order valence-corrected chi connectivity index (χ0v) is 12.9. The van der Waals surface area contributed by atoms with E-state index in [2.05, 4.69) is 37.8 Å². The molecule has 0 spiro atoms. The molecule has 0 radical (unpaired) electrons. The quantitative estimate of drug-likeness (QED) is 0.822. The van der Waals surface area contributed by atoms with Crippen LogP contribution in [-0.4, -0.2) is 30.1 Å². The van der Waals surface area contributed by atoms with Gasteiger partial charge in [-0.2, -0.15) is 0 Å². The third-order valence-electron chi connectivity index (χ3n) is 3.27. The van der Waals surface area contributed by atoms with Gasteiger partial charge in [0.2, 0.25) is 0 Å². The van der Waals surface area contributed by atoms with Crippen LogP contribution in [0.3, 0.4) is 0 Å². The average Bonchev–Trinajstić information content (AvgIpc) is 2.34. The highest BCUT2D eigenvalue weighted by Gasteiger charge is 2.20. The number of hydrogen-bond donors (Lipinski definition) is 1. The highest BCUT2D eigenvalue weighted by molar-refractivity contribution is 5.31. The van der Waals surface area contributed by atoms with Crippen LogP contribution >= 0.6 is 0 Å². The van der Waals surface area contributed by atoms with Crippen molar-refractivity contribution in [1.29, 1.82) is 0 Å². The average molecular weight is 264 g/mol. The summed E-state index contributed by atoms with van der Waals surface area (Å²) in [5.74, 6) is 0.922. The van der Waals surface area contributed by atoms with Gasteiger partial charge in [-0.1, -0.05) is 19.1 Å². The predicted octanol–water partition coefficient (Wildman–Crippen LogP) is 3.20. The Morgan fingerprint density at radius 2 is 1.89 bits per heavy atom. The SMILES string of the molecule is CCN(C(C)C)C(CN)c1cccc(OC(C)C)c1. The van der Waals surface area contributed by atoms with E-state index in [-0.39, 0.29) is 12.1 Å². The largest absolute Gasteiger partial charge is 0.491 e. The van der Waals surface area contributed by atoms with Crippen LogP contribution in [0, 0.1) is 0 Å². The van der Waals surface area contributed by atoms with Gasteiger partial charge in [0.15, 0.2) is 0 Å². The van der Waals surface area contributed by atoms with Crippen molar-refractivity contribution in [3.05, 3.63) is 29.8 Å². The van der Waals surface area contributed by atoms with Crippen molar-refractivity contribution in [2.75, 3.05) is 13.1 Å². The fourth-order valence-electron chi connectivity index (χ4n) is 2.48. The Morgan fingerprint density at radius 3 is 2.37 bits per heavy atom. The molecule has 0 aliphatic carbocycles. The molecule has 0 amide bonds. The molecule has 0 saturated heterocycles. The van der Waals surface area contributed by atoms with Crippen LogP contribution in [0.1, 0.15) is 46.2 Å². The first kappa shape index (κ1) is 16.0. The number of rotatable bonds is 7. The third-order valence-corrected chi connectivity index (χ3v) is 3.27. The van der Waals surface area contributed by atoms with Gasteiger partial charge in [-0.15, -0.1) is 0 Å². The van der Waals surface area contributed by atoms with E-state index in [4.69, 9.17) is 10.5 Å². The Kier molecular flexibility index (Phi) is 6.32. The second-order valence-corrected chi connectivity index (χ2v) is 5.41. The number of ether oxygens (including phenoxy) is 1. The highest BCUT2D eigenvalue weighted by atomic mass is 16.5. The van der Waals surface area contributed by atoms with Crippen molar-refractivity contribution < 1.29 is 4.74 Å². The number of hydrogen-bond acceptors (Lipinski definition) is 3. The third kappa shape index (κ3) is 4.51. The van der Waals surface area contributed by atoms with E-state index in [0.29, 0.717) is 12.6 Å². The lowest BCUT2D eigenvalue weighted by molar-refractivity contribution is 0.166. The maximum atomic E-state index is 5.99. The van der Waals surface area contributed by atoms with Crippen LogP contribution in [0.4, 0.5) is 0 Å². The number of nitrogens with zero attached hydrogens (tertiary/aromatic N) is 1. The van der Waals surface area contributed by atoms with Gasteiger partial charge in [-0.25, -0.2) is 0 Å².